The van der Waals surface area contributed by atoms with E-state index in [1.54, 1.807) is 4.90 Å². The molecule has 0 aliphatic carbocycles. The van der Waals surface area contributed by atoms with E-state index in [9.17, 15) is 19.2 Å². The molecule has 0 spiro atoms. The molecular formula is C25H31N3O6. The van der Waals surface area contributed by atoms with E-state index >= 15 is 0 Å². The van der Waals surface area contributed by atoms with Gasteiger partial charge in [0.1, 0.15) is 23.2 Å². The SMILES string of the molecule is CC(C)(C)OC(=O)N1CCC(c2cccc(OC3=CC(=O)N(C4CCC(=O)NC4=O)C3)c2)CC1. The van der Waals surface area contributed by atoms with E-state index in [0.29, 0.717) is 36.9 Å². The number of nitrogens with zero attached hydrogens (tertiary/aromatic N) is 2. The molecule has 2 saturated heterocycles. The number of likely N-dealkylation sites (tertiary alicyclic amines) is 1. The van der Waals surface area contributed by atoms with E-state index < -0.39 is 17.6 Å². The van der Waals surface area contributed by atoms with Crippen molar-refractivity contribution in [3.8, 4) is 5.75 Å². The van der Waals surface area contributed by atoms with E-state index in [1.807, 2.05) is 45.0 Å². The summed E-state index contributed by atoms with van der Waals surface area (Å²) in [6.07, 6.45) is 3.30. The number of hydrogen-bond acceptors (Lipinski definition) is 6. The second kappa shape index (κ2) is 9.48. The van der Waals surface area contributed by atoms with Crippen molar-refractivity contribution < 1.29 is 28.7 Å². The molecule has 34 heavy (non-hydrogen) atoms. The number of amides is 4. The van der Waals surface area contributed by atoms with Gasteiger partial charge < -0.3 is 19.3 Å². The Morgan fingerprint density at radius 3 is 2.50 bits per heavy atom. The van der Waals surface area contributed by atoms with Gasteiger partial charge in [0.05, 0.1) is 6.54 Å². The Bertz CT molecular complexity index is 1020. The number of nitrogens with one attached hydrogen (secondary N) is 1. The molecule has 1 N–H and O–H groups in total. The van der Waals surface area contributed by atoms with Crippen LogP contribution in [0.4, 0.5) is 4.79 Å². The molecule has 1 unspecified atom stereocenters. The van der Waals surface area contributed by atoms with Crippen LogP contribution in [0.25, 0.3) is 0 Å². The van der Waals surface area contributed by atoms with Crippen LogP contribution < -0.4 is 10.1 Å². The van der Waals surface area contributed by atoms with Crippen LogP contribution in [0.1, 0.15) is 57.9 Å². The number of piperidine rings is 2. The van der Waals surface area contributed by atoms with Gasteiger partial charge >= 0.3 is 6.09 Å². The summed E-state index contributed by atoms with van der Waals surface area (Å²) in [6.45, 7) is 7.03. The Labute approximate surface area is 199 Å². The van der Waals surface area contributed by atoms with Crippen molar-refractivity contribution in [2.75, 3.05) is 19.6 Å². The van der Waals surface area contributed by atoms with E-state index in [4.69, 9.17) is 9.47 Å². The smallest absolute Gasteiger partial charge is 0.410 e. The van der Waals surface area contributed by atoms with Crippen LogP contribution in [0.5, 0.6) is 5.75 Å². The van der Waals surface area contributed by atoms with Crippen molar-refractivity contribution in [3.63, 3.8) is 0 Å². The molecule has 182 valence electrons. The van der Waals surface area contributed by atoms with Crippen molar-refractivity contribution in [2.45, 2.75) is 64.0 Å². The van der Waals surface area contributed by atoms with Crippen molar-refractivity contribution in [1.29, 1.82) is 0 Å². The van der Waals surface area contributed by atoms with Gasteiger partial charge in [-0.1, -0.05) is 12.1 Å². The maximum Gasteiger partial charge on any atom is 0.410 e. The molecule has 4 amide bonds. The average Bonchev–Trinajstić information content (AvgIpc) is 3.12. The monoisotopic (exact) mass is 469 g/mol. The number of rotatable bonds is 4. The van der Waals surface area contributed by atoms with Crippen LogP contribution in [-0.2, 0) is 19.1 Å². The summed E-state index contributed by atoms with van der Waals surface area (Å²) in [5.41, 5.74) is 0.609. The van der Waals surface area contributed by atoms with Crippen LogP contribution in [0.3, 0.4) is 0 Å². The second-order valence-corrected chi connectivity index (χ2v) is 9.96. The first kappa shape index (κ1) is 23.8. The van der Waals surface area contributed by atoms with Crippen molar-refractivity contribution in [3.05, 3.63) is 41.7 Å². The molecule has 0 aromatic heterocycles. The molecule has 3 aliphatic heterocycles. The fraction of sp³-hybridized carbons (Fsp3) is 0.520. The lowest BCUT2D eigenvalue weighted by Crippen LogP contribution is -2.53. The van der Waals surface area contributed by atoms with Gasteiger partial charge in [0.15, 0.2) is 0 Å². The first-order valence-corrected chi connectivity index (χ1v) is 11.7. The van der Waals surface area contributed by atoms with Gasteiger partial charge in [-0.3, -0.25) is 19.7 Å². The highest BCUT2D eigenvalue weighted by molar-refractivity contribution is 6.03. The molecule has 9 nitrogen and oxygen atoms in total. The Balaban J connectivity index is 1.33. The summed E-state index contributed by atoms with van der Waals surface area (Å²) >= 11 is 0. The van der Waals surface area contributed by atoms with Gasteiger partial charge in [-0.15, -0.1) is 0 Å². The van der Waals surface area contributed by atoms with Gasteiger partial charge in [0.2, 0.25) is 11.8 Å². The predicted octanol–water partition coefficient (Wildman–Crippen LogP) is 2.71. The Morgan fingerprint density at radius 2 is 1.82 bits per heavy atom. The number of imide groups is 1. The molecule has 1 aromatic carbocycles. The third-order valence-electron chi connectivity index (χ3n) is 6.21. The van der Waals surface area contributed by atoms with Crippen molar-refractivity contribution in [1.82, 2.24) is 15.1 Å². The van der Waals surface area contributed by atoms with Crippen molar-refractivity contribution >= 4 is 23.8 Å². The third-order valence-corrected chi connectivity index (χ3v) is 6.21. The highest BCUT2D eigenvalue weighted by Crippen LogP contribution is 2.32. The lowest BCUT2D eigenvalue weighted by Gasteiger charge is -2.33. The molecule has 0 bridgehead atoms. The molecular weight excluding hydrogens is 438 g/mol. The van der Waals surface area contributed by atoms with Crippen LogP contribution >= 0.6 is 0 Å². The van der Waals surface area contributed by atoms with Crippen LogP contribution in [0, 0.1) is 0 Å². The highest BCUT2D eigenvalue weighted by atomic mass is 16.6. The molecule has 4 rings (SSSR count). The zero-order chi connectivity index (χ0) is 24.5. The lowest BCUT2D eigenvalue weighted by atomic mass is 9.89. The number of benzene rings is 1. The number of carbonyl (C=O) groups is 4. The van der Waals surface area contributed by atoms with Crippen LogP contribution in [0.2, 0.25) is 0 Å². The maximum atomic E-state index is 12.5. The Kier molecular flexibility index (Phi) is 6.63. The molecule has 0 radical (unpaired) electrons. The number of carbonyl (C=O) groups excluding carboxylic acids is 4. The number of hydrogen-bond donors (Lipinski definition) is 1. The van der Waals surface area contributed by atoms with E-state index in [-0.39, 0.29) is 30.9 Å². The predicted molar refractivity (Wildman–Crippen MR) is 123 cm³/mol. The molecule has 3 aliphatic rings. The van der Waals surface area contributed by atoms with Gasteiger partial charge in [0.25, 0.3) is 5.91 Å². The Morgan fingerprint density at radius 1 is 1.09 bits per heavy atom. The molecule has 1 atom stereocenters. The summed E-state index contributed by atoms with van der Waals surface area (Å²) in [5, 5.41) is 2.29. The summed E-state index contributed by atoms with van der Waals surface area (Å²) in [6, 6.07) is 7.10. The minimum Gasteiger partial charge on any atom is -0.460 e. The fourth-order valence-corrected chi connectivity index (χ4v) is 4.52. The highest BCUT2D eigenvalue weighted by Gasteiger charge is 2.37. The quantitative estimate of drug-likeness (QED) is 0.680. The molecule has 0 saturated carbocycles. The molecule has 2 fully saturated rings. The molecule has 3 heterocycles. The van der Waals surface area contributed by atoms with E-state index in [1.165, 1.54) is 11.0 Å². The largest absolute Gasteiger partial charge is 0.460 e. The fourth-order valence-electron chi connectivity index (χ4n) is 4.52. The molecule has 1 aromatic rings. The first-order valence-electron chi connectivity index (χ1n) is 11.7. The summed E-state index contributed by atoms with van der Waals surface area (Å²) < 4.78 is 11.5. The molecule has 9 heteroatoms. The second-order valence-electron chi connectivity index (χ2n) is 9.96. The summed E-state index contributed by atoms with van der Waals surface area (Å²) in [4.78, 5) is 51.5. The topological polar surface area (TPSA) is 105 Å². The van der Waals surface area contributed by atoms with Gasteiger partial charge in [0, 0.05) is 25.6 Å². The van der Waals surface area contributed by atoms with Gasteiger partial charge in [-0.2, -0.15) is 0 Å². The zero-order valence-electron chi connectivity index (χ0n) is 19.8. The minimum atomic E-state index is -0.663. The minimum absolute atomic E-state index is 0.184. The van der Waals surface area contributed by atoms with Gasteiger partial charge in [-0.25, -0.2) is 4.79 Å². The van der Waals surface area contributed by atoms with Gasteiger partial charge in [-0.05, 0) is 63.6 Å². The number of ether oxygens (including phenoxy) is 2. The normalized spacial score (nSPS) is 21.9. The first-order chi connectivity index (χ1) is 16.1. The summed E-state index contributed by atoms with van der Waals surface area (Å²) in [5.74, 6) is 0.324. The van der Waals surface area contributed by atoms with Crippen LogP contribution in [0.15, 0.2) is 36.1 Å². The average molecular weight is 470 g/mol. The lowest BCUT2D eigenvalue weighted by molar-refractivity contribution is -0.142. The van der Waals surface area contributed by atoms with Crippen molar-refractivity contribution in [2.24, 2.45) is 0 Å². The zero-order valence-corrected chi connectivity index (χ0v) is 19.8. The maximum absolute atomic E-state index is 12.5. The summed E-state index contributed by atoms with van der Waals surface area (Å²) in [7, 11) is 0. The Hall–Kier alpha value is -3.36. The van der Waals surface area contributed by atoms with E-state index in [2.05, 4.69) is 5.32 Å². The standard InChI is InChI=1S/C25H31N3O6/c1-25(2,3)34-24(32)27-11-9-16(10-12-27)17-5-4-6-18(13-17)33-19-14-22(30)28(15-19)20-7-8-21(29)26-23(20)31/h4-6,13-14,16,20H,7-12,15H2,1-3H3,(H,26,29,31). The van der Waals surface area contributed by atoms with Crippen LogP contribution in [-0.4, -0.2) is 64.9 Å². The third kappa shape index (κ3) is 5.58. The van der Waals surface area contributed by atoms with E-state index in [0.717, 1.165) is 18.4 Å².